The molecule has 1 aliphatic rings. The molecule has 1 fully saturated rings. The lowest BCUT2D eigenvalue weighted by Crippen LogP contribution is -2.39. The molecule has 2 heterocycles. The van der Waals surface area contributed by atoms with E-state index in [1.54, 1.807) is 6.26 Å². The minimum atomic E-state index is -3.18. The molecule has 1 aliphatic heterocycles. The maximum Gasteiger partial charge on any atom is 0.211 e. The topological polar surface area (TPSA) is 62.6 Å². The number of sulfonamides is 1. The minimum absolute atomic E-state index is 0.00951. The predicted octanol–water partition coefficient (Wildman–Crippen LogP) is 2.53. The smallest absolute Gasteiger partial charge is 0.211 e. The van der Waals surface area contributed by atoms with Crippen LogP contribution in [0.15, 0.2) is 22.8 Å². The minimum Gasteiger partial charge on any atom is -0.468 e. The van der Waals surface area contributed by atoms with Crippen LogP contribution in [0.1, 0.15) is 50.8 Å². The van der Waals surface area contributed by atoms with Crippen molar-refractivity contribution in [3.8, 4) is 0 Å². The molecular formula is C15H26N2O3S. The van der Waals surface area contributed by atoms with E-state index in [9.17, 15) is 8.42 Å². The maximum absolute atomic E-state index is 11.9. The standard InChI is InChI=1S/C15H26N2O3S/c1-2-12-21(18,19)16-13-14(15-8-7-11-20-15)17-9-5-3-4-6-10-17/h7-8,11,14,16H,2-6,9-10,12-13H2,1H3. The van der Waals surface area contributed by atoms with Crippen LogP contribution in [-0.4, -0.2) is 38.7 Å². The molecule has 0 aromatic carbocycles. The molecule has 6 heteroatoms. The number of likely N-dealkylation sites (tertiary alicyclic amines) is 1. The number of hydrogen-bond acceptors (Lipinski definition) is 4. The van der Waals surface area contributed by atoms with Crippen molar-refractivity contribution in [2.45, 2.75) is 45.1 Å². The number of furan rings is 1. The Hall–Kier alpha value is -0.850. The van der Waals surface area contributed by atoms with E-state index in [0.717, 1.165) is 18.8 Å². The number of rotatable bonds is 7. The van der Waals surface area contributed by atoms with E-state index in [4.69, 9.17) is 4.42 Å². The lowest BCUT2D eigenvalue weighted by molar-refractivity contribution is 0.182. The van der Waals surface area contributed by atoms with Crippen LogP contribution < -0.4 is 4.72 Å². The third-order valence-corrected chi connectivity index (χ3v) is 5.47. The van der Waals surface area contributed by atoms with Crippen LogP contribution >= 0.6 is 0 Å². The van der Waals surface area contributed by atoms with Gasteiger partial charge in [0.1, 0.15) is 5.76 Å². The van der Waals surface area contributed by atoms with Crippen LogP contribution in [0.2, 0.25) is 0 Å². The van der Waals surface area contributed by atoms with Gasteiger partial charge in [0.15, 0.2) is 0 Å². The zero-order valence-electron chi connectivity index (χ0n) is 12.8. The van der Waals surface area contributed by atoms with Crippen molar-refractivity contribution in [3.63, 3.8) is 0 Å². The first kappa shape index (κ1) is 16.5. The van der Waals surface area contributed by atoms with Gasteiger partial charge in [0.2, 0.25) is 10.0 Å². The van der Waals surface area contributed by atoms with Gasteiger partial charge >= 0.3 is 0 Å². The first-order valence-electron chi connectivity index (χ1n) is 7.87. The summed E-state index contributed by atoms with van der Waals surface area (Å²) in [4.78, 5) is 2.35. The third kappa shape index (κ3) is 5.13. The lowest BCUT2D eigenvalue weighted by Gasteiger charge is -2.29. The van der Waals surface area contributed by atoms with Crippen LogP contribution in [0, 0.1) is 0 Å². The second-order valence-corrected chi connectivity index (χ2v) is 7.58. The van der Waals surface area contributed by atoms with Gasteiger partial charge in [-0.2, -0.15) is 0 Å². The third-order valence-electron chi connectivity index (χ3n) is 3.92. The zero-order valence-corrected chi connectivity index (χ0v) is 13.6. The van der Waals surface area contributed by atoms with Crippen molar-refractivity contribution >= 4 is 10.0 Å². The van der Waals surface area contributed by atoms with Gasteiger partial charge in [-0.25, -0.2) is 13.1 Å². The largest absolute Gasteiger partial charge is 0.468 e. The molecule has 1 saturated heterocycles. The second kappa shape index (κ2) is 7.96. The summed E-state index contributed by atoms with van der Waals surface area (Å²) in [6, 6.07) is 3.79. The Balaban J connectivity index is 2.06. The summed E-state index contributed by atoms with van der Waals surface area (Å²) in [7, 11) is -3.18. The summed E-state index contributed by atoms with van der Waals surface area (Å²) in [5, 5.41) is 0. The van der Waals surface area contributed by atoms with E-state index in [2.05, 4.69) is 9.62 Å². The van der Waals surface area contributed by atoms with Crippen LogP contribution in [-0.2, 0) is 10.0 Å². The van der Waals surface area contributed by atoms with Gasteiger partial charge in [0, 0.05) is 6.54 Å². The normalized spacial score (nSPS) is 19.3. The highest BCUT2D eigenvalue weighted by molar-refractivity contribution is 7.89. The summed E-state index contributed by atoms with van der Waals surface area (Å²) in [6.45, 7) is 4.26. The van der Waals surface area contributed by atoms with Crippen LogP contribution in [0.25, 0.3) is 0 Å². The number of hydrogen-bond donors (Lipinski definition) is 1. The Morgan fingerprint density at radius 1 is 1.29 bits per heavy atom. The molecule has 0 saturated carbocycles. The first-order chi connectivity index (χ1) is 10.1. The summed E-state index contributed by atoms with van der Waals surface area (Å²) in [5.74, 6) is 1.02. The highest BCUT2D eigenvalue weighted by Gasteiger charge is 2.25. The van der Waals surface area contributed by atoms with Gasteiger partial charge < -0.3 is 4.42 Å². The molecule has 0 aliphatic carbocycles. The monoisotopic (exact) mass is 314 g/mol. The van der Waals surface area contributed by atoms with E-state index in [0.29, 0.717) is 13.0 Å². The Kier molecular flexibility index (Phi) is 6.26. The van der Waals surface area contributed by atoms with Crippen molar-refractivity contribution in [3.05, 3.63) is 24.2 Å². The second-order valence-electron chi connectivity index (χ2n) is 5.65. The molecule has 0 spiro atoms. The summed E-state index contributed by atoms with van der Waals surface area (Å²) in [5.41, 5.74) is 0. The fourth-order valence-corrected chi connectivity index (χ4v) is 3.94. The van der Waals surface area contributed by atoms with Crippen molar-refractivity contribution in [2.75, 3.05) is 25.4 Å². The van der Waals surface area contributed by atoms with Gasteiger partial charge in [0.25, 0.3) is 0 Å². The Morgan fingerprint density at radius 3 is 2.57 bits per heavy atom. The van der Waals surface area contributed by atoms with Gasteiger partial charge in [-0.3, -0.25) is 4.90 Å². The predicted molar refractivity (Wildman–Crippen MR) is 83.6 cm³/mol. The summed E-state index contributed by atoms with van der Waals surface area (Å²) >= 11 is 0. The van der Waals surface area contributed by atoms with E-state index >= 15 is 0 Å². The molecule has 0 radical (unpaired) electrons. The zero-order chi connectivity index (χ0) is 15.1. The average Bonchev–Trinajstić information content (AvgIpc) is 2.82. The molecule has 0 bridgehead atoms. The molecule has 2 rings (SSSR count). The van der Waals surface area contributed by atoms with Crippen molar-refractivity contribution in [2.24, 2.45) is 0 Å². The van der Waals surface area contributed by atoms with E-state index < -0.39 is 10.0 Å². The fraction of sp³-hybridized carbons (Fsp3) is 0.733. The van der Waals surface area contributed by atoms with Crippen LogP contribution in [0.3, 0.4) is 0 Å². The average molecular weight is 314 g/mol. The molecule has 1 atom stereocenters. The van der Waals surface area contributed by atoms with E-state index in [1.807, 2.05) is 19.1 Å². The molecule has 5 nitrogen and oxygen atoms in total. The van der Waals surface area contributed by atoms with E-state index in [1.165, 1.54) is 25.7 Å². The fourth-order valence-electron chi connectivity index (χ4n) is 2.84. The molecule has 1 N–H and O–H groups in total. The molecular weight excluding hydrogens is 288 g/mol. The van der Waals surface area contributed by atoms with Crippen LogP contribution in [0.5, 0.6) is 0 Å². The highest BCUT2D eigenvalue weighted by Crippen LogP contribution is 2.24. The molecule has 1 aromatic rings. The highest BCUT2D eigenvalue weighted by atomic mass is 32.2. The first-order valence-corrected chi connectivity index (χ1v) is 9.52. The Bertz CT molecular complexity index is 491. The lowest BCUT2D eigenvalue weighted by atomic mass is 10.2. The quantitative estimate of drug-likeness (QED) is 0.840. The van der Waals surface area contributed by atoms with Gasteiger partial charge in [0.05, 0.1) is 18.1 Å². The van der Waals surface area contributed by atoms with Gasteiger partial charge in [-0.15, -0.1) is 0 Å². The van der Waals surface area contributed by atoms with Crippen molar-refractivity contribution in [1.82, 2.24) is 9.62 Å². The molecule has 21 heavy (non-hydrogen) atoms. The van der Waals surface area contributed by atoms with Gasteiger partial charge in [-0.1, -0.05) is 19.8 Å². The Labute approximate surface area is 127 Å². The number of nitrogens with zero attached hydrogens (tertiary/aromatic N) is 1. The number of nitrogens with one attached hydrogen (secondary N) is 1. The summed E-state index contributed by atoms with van der Waals surface area (Å²) < 4.78 is 32.1. The maximum atomic E-state index is 11.9. The Morgan fingerprint density at radius 2 is 2.00 bits per heavy atom. The van der Waals surface area contributed by atoms with Gasteiger partial charge in [-0.05, 0) is 44.5 Å². The van der Waals surface area contributed by atoms with Crippen molar-refractivity contribution < 1.29 is 12.8 Å². The van der Waals surface area contributed by atoms with Crippen molar-refractivity contribution in [1.29, 1.82) is 0 Å². The molecule has 0 amide bonds. The molecule has 1 unspecified atom stereocenters. The molecule has 120 valence electrons. The SMILES string of the molecule is CCCS(=O)(=O)NCC(c1ccco1)N1CCCCCC1. The van der Waals surface area contributed by atoms with E-state index in [-0.39, 0.29) is 11.8 Å². The molecule has 1 aromatic heterocycles. The van der Waals surface area contributed by atoms with Crippen LogP contribution in [0.4, 0.5) is 0 Å². The summed E-state index contributed by atoms with van der Waals surface area (Å²) in [6.07, 6.45) is 7.12.